The van der Waals surface area contributed by atoms with E-state index in [-0.39, 0.29) is 21.7 Å². The van der Waals surface area contributed by atoms with Crippen LogP contribution in [0.25, 0.3) is 43.8 Å². The molecule has 0 aliphatic heterocycles. The quantitative estimate of drug-likeness (QED) is 0.142. The largest absolute Gasteiger partial charge is 0.491 e. The lowest BCUT2D eigenvalue weighted by molar-refractivity contribution is 0.334. The first-order chi connectivity index (χ1) is 16.8. The van der Waals surface area contributed by atoms with E-state index in [1.54, 1.807) is 30.3 Å². The minimum atomic E-state index is -1.87. The molecule has 0 amide bonds. The number of rotatable bonds is 3. The maximum atomic E-state index is 15.3. The number of ether oxygens (including phenoxy) is 1. The predicted molar refractivity (Wildman–Crippen MR) is 119 cm³/mol. The zero-order chi connectivity index (χ0) is 25.0. The smallest absolute Gasteiger partial charge is 0.204 e. The maximum Gasteiger partial charge on any atom is 0.204 e. The minimum Gasteiger partial charge on any atom is -0.491 e. The first-order valence-electron chi connectivity index (χ1n) is 10.2. The van der Waals surface area contributed by atoms with Crippen LogP contribution >= 0.6 is 0 Å². The molecule has 8 heteroatoms. The molecule has 0 bridgehead atoms. The Bertz CT molecular complexity index is 1620. The summed E-state index contributed by atoms with van der Waals surface area (Å²) in [5.41, 5.74) is -1.22. The molecule has 176 valence electrons. The van der Waals surface area contributed by atoms with Crippen LogP contribution in [0.1, 0.15) is 0 Å². The van der Waals surface area contributed by atoms with Crippen molar-refractivity contribution in [3.63, 3.8) is 0 Å². The van der Waals surface area contributed by atoms with Gasteiger partial charge in [0.2, 0.25) is 11.6 Å². The van der Waals surface area contributed by atoms with Crippen LogP contribution in [0.4, 0.5) is 30.7 Å². The summed E-state index contributed by atoms with van der Waals surface area (Å²) in [7, 11) is 0.817. The summed E-state index contributed by atoms with van der Waals surface area (Å²) in [5, 5.41) is -0.743. The van der Waals surface area contributed by atoms with E-state index in [2.05, 4.69) is 4.74 Å². The molecular weight excluding hydrogens is 473 g/mol. The summed E-state index contributed by atoms with van der Waals surface area (Å²) in [6, 6.07) is 13.4. The van der Waals surface area contributed by atoms with Crippen molar-refractivity contribution in [1.29, 1.82) is 0 Å². The number of hydrogen-bond donors (Lipinski definition) is 0. The molecule has 0 heterocycles. The molecule has 0 spiro atoms. The zero-order valence-electron chi connectivity index (χ0n) is 17.8. The number of benzene rings is 5. The molecule has 0 fully saturated rings. The Labute approximate surface area is 194 Å². The topological polar surface area (TPSA) is 9.23 Å². The molecule has 0 saturated carbocycles. The fraction of sp³-hybridized carbons (Fsp3) is 0.0370. The fourth-order valence-corrected chi connectivity index (χ4v) is 4.41. The minimum absolute atomic E-state index is 0.0429. The second kappa shape index (κ2) is 8.30. The SMILES string of the molecule is COc1c(F)c(F)c(-c2c3cc(F)c(F)cc3c(-c3ccccc3)c3cccc(F)c23)c(F)c1F. The van der Waals surface area contributed by atoms with Gasteiger partial charge in [-0.3, -0.25) is 0 Å². The van der Waals surface area contributed by atoms with E-state index >= 15 is 13.2 Å². The first kappa shape index (κ1) is 22.7. The van der Waals surface area contributed by atoms with Crippen molar-refractivity contribution >= 4 is 21.5 Å². The highest BCUT2D eigenvalue weighted by Gasteiger charge is 2.31. The van der Waals surface area contributed by atoms with Gasteiger partial charge in [0.1, 0.15) is 5.82 Å². The molecular formula is C27H13F7O. The van der Waals surface area contributed by atoms with Crippen LogP contribution in [0.5, 0.6) is 5.75 Å². The molecule has 0 aliphatic carbocycles. The lowest BCUT2D eigenvalue weighted by atomic mass is 9.85. The lowest BCUT2D eigenvalue weighted by Crippen LogP contribution is -2.05. The second-order valence-electron chi connectivity index (χ2n) is 7.75. The van der Waals surface area contributed by atoms with Gasteiger partial charge in [0.25, 0.3) is 0 Å². The fourth-order valence-electron chi connectivity index (χ4n) is 4.41. The van der Waals surface area contributed by atoms with E-state index in [9.17, 15) is 17.6 Å². The standard InChI is InChI=1S/C27H13F7O/c1-35-27-25(33)23(31)22(24(32)26(27)34)21-15-11-18(30)17(29)10-14(15)19(12-6-3-2-4-7-12)13-8-5-9-16(28)20(13)21/h2-11H,1H3. The van der Waals surface area contributed by atoms with E-state index in [4.69, 9.17) is 0 Å². The normalized spacial score (nSPS) is 11.4. The van der Waals surface area contributed by atoms with Crippen molar-refractivity contribution in [3.8, 4) is 28.0 Å². The van der Waals surface area contributed by atoms with Crippen LogP contribution in [-0.4, -0.2) is 7.11 Å². The van der Waals surface area contributed by atoms with Crippen molar-refractivity contribution in [2.45, 2.75) is 0 Å². The van der Waals surface area contributed by atoms with Gasteiger partial charge in [-0.1, -0.05) is 42.5 Å². The van der Waals surface area contributed by atoms with Crippen molar-refractivity contribution in [2.24, 2.45) is 0 Å². The van der Waals surface area contributed by atoms with Crippen LogP contribution in [-0.2, 0) is 0 Å². The molecule has 0 aromatic heterocycles. The molecule has 0 atom stereocenters. The van der Waals surface area contributed by atoms with E-state index in [0.717, 1.165) is 19.2 Å². The highest BCUT2D eigenvalue weighted by atomic mass is 19.2. The molecule has 5 rings (SSSR count). The number of fused-ring (bicyclic) bond motifs is 2. The van der Waals surface area contributed by atoms with Gasteiger partial charge in [-0.2, -0.15) is 8.78 Å². The second-order valence-corrected chi connectivity index (χ2v) is 7.75. The average molecular weight is 486 g/mol. The highest BCUT2D eigenvalue weighted by molar-refractivity contribution is 6.21. The van der Waals surface area contributed by atoms with Crippen LogP contribution in [0.3, 0.4) is 0 Å². The van der Waals surface area contributed by atoms with Gasteiger partial charge in [-0.05, 0) is 45.5 Å². The third kappa shape index (κ3) is 3.31. The van der Waals surface area contributed by atoms with Crippen molar-refractivity contribution in [1.82, 2.24) is 0 Å². The van der Waals surface area contributed by atoms with Gasteiger partial charge in [-0.25, -0.2) is 22.0 Å². The molecule has 0 unspecified atom stereocenters. The van der Waals surface area contributed by atoms with Gasteiger partial charge < -0.3 is 4.74 Å². The summed E-state index contributed by atoms with van der Waals surface area (Å²) in [6.07, 6.45) is 0. The van der Waals surface area contributed by atoms with Crippen molar-refractivity contribution < 1.29 is 35.5 Å². The molecule has 0 aliphatic rings. The van der Waals surface area contributed by atoms with Crippen molar-refractivity contribution in [2.75, 3.05) is 7.11 Å². The number of hydrogen-bond acceptors (Lipinski definition) is 1. The predicted octanol–water partition coefficient (Wildman–Crippen LogP) is 8.31. The molecule has 0 saturated heterocycles. The summed E-state index contributed by atoms with van der Waals surface area (Å²) < 4.78 is 108. The van der Waals surface area contributed by atoms with E-state index < -0.39 is 63.0 Å². The highest BCUT2D eigenvalue weighted by Crippen LogP contribution is 2.47. The third-order valence-electron chi connectivity index (χ3n) is 5.87. The Morgan fingerprint density at radius 2 is 1.09 bits per heavy atom. The van der Waals surface area contributed by atoms with E-state index in [1.807, 2.05) is 0 Å². The van der Waals surface area contributed by atoms with Gasteiger partial charge >= 0.3 is 0 Å². The summed E-state index contributed by atoms with van der Waals surface area (Å²) in [5.74, 6) is -12.4. The van der Waals surface area contributed by atoms with Crippen LogP contribution in [0.15, 0.2) is 60.7 Å². The van der Waals surface area contributed by atoms with Crippen LogP contribution < -0.4 is 4.74 Å². The van der Waals surface area contributed by atoms with Gasteiger partial charge in [-0.15, -0.1) is 0 Å². The zero-order valence-corrected chi connectivity index (χ0v) is 17.8. The number of methoxy groups -OCH3 is 1. The monoisotopic (exact) mass is 486 g/mol. The van der Waals surface area contributed by atoms with Gasteiger partial charge in [0.15, 0.2) is 29.0 Å². The molecule has 0 radical (unpaired) electrons. The summed E-state index contributed by atoms with van der Waals surface area (Å²) in [6.45, 7) is 0. The molecule has 5 aromatic carbocycles. The van der Waals surface area contributed by atoms with E-state index in [1.165, 1.54) is 12.1 Å². The van der Waals surface area contributed by atoms with Crippen LogP contribution in [0.2, 0.25) is 0 Å². The Morgan fingerprint density at radius 1 is 0.514 bits per heavy atom. The van der Waals surface area contributed by atoms with Gasteiger partial charge in [0.05, 0.1) is 12.7 Å². The summed E-state index contributed by atoms with van der Waals surface area (Å²) >= 11 is 0. The number of halogens is 7. The Balaban J connectivity index is 2.11. The maximum absolute atomic E-state index is 15.3. The average Bonchev–Trinajstić information content (AvgIpc) is 2.85. The Kier molecular flexibility index (Phi) is 5.39. The molecule has 0 N–H and O–H groups in total. The molecule has 5 aromatic rings. The third-order valence-corrected chi connectivity index (χ3v) is 5.87. The molecule has 35 heavy (non-hydrogen) atoms. The van der Waals surface area contributed by atoms with Crippen LogP contribution in [0, 0.1) is 40.7 Å². The van der Waals surface area contributed by atoms with E-state index in [0.29, 0.717) is 11.6 Å². The van der Waals surface area contributed by atoms with Gasteiger partial charge in [0, 0.05) is 10.9 Å². The summed E-state index contributed by atoms with van der Waals surface area (Å²) in [4.78, 5) is 0. The van der Waals surface area contributed by atoms with Crippen molar-refractivity contribution in [3.05, 3.63) is 101 Å². The Hall–Kier alpha value is -4.07. The Morgan fingerprint density at radius 3 is 1.66 bits per heavy atom. The molecule has 1 nitrogen and oxygen atoms in total. The first-order valence-corrected chi connectivity index (χ1v) is 10.2. The lowest BCUT2D eigenvalue weighted by Gasteiger charge is -2.20.